The molecule has 1 atom stereocenters. The highest BCUT2D eigenvalue weighted by atomic mass is 35.5. The zero-order valence-electron chi connectivity index (χ0n) is 19.2. The molecular weight excluding hydrogens is 597 g/mol. The van der Waals surface area contributed by atoms with E-state index in [0.717, 1.165) is 23.2 Å². The summed E-state index contributed by atoms with van der Waals surface area (Å²) in [7, 11) is 0. The Balaban J connectivity index is 1.66. The van der Waals surface area contributed by atoms with Crippen LogP contribution in [0.5, 0.6) is 0 Å². The SMILES string of the molecule is FC(F)(F)c1nc(N2CCC(c3cc(Cl)c(Cl)c(Cl)c3)(C(F)(F)F)C2)ncc1C(=S)CCc1ccccn1. The third kappa shape index (κ3) is 5.71. The minimum Gasteiger partial charge on any atom is -0.340 e. The van der Waals surface area contributed by atoms with Gasteiger partial charge in [-0.25, -0.2) is 9.97 Å². The molecule has 1 aromatic carbocycles. The molecule has 3 heterocycles. The van der Waals surface area contributed by atoms with Gasteiger partial charge in [0, 0.05) is 41.6 Å². The van der Waals surface area contributed by atoms with Gasteiger partial charge in [0.15, 0.2) is 5.69 Å². The molecule has 38 heavy (non-hydrogen) atoms. The molecule has 0 radical (unpaired) electrons. The molecule has 0 saturated carbocycles. The fourth-order valence-corrected chi connectivity index (χ4v) is 5.16. The third-order valence-electron chi connectivity index (χ3n) is 6.31. The number of rotatable bonds is 6. The van der Waals surface area contributed by atoms with E-state index >= 15 is 0 Å². The van der Waals surface area contributed by atoms with Gasteiger partial charge in [-0.15, -0.1) is 0 Å². The molecule has 4 rings (SSSR count). The smallest absolute Gasteiger partial charge is 0.340 e. The number of halogens is 9. The van der Waals surface area contributed by atoms with Crippen LogP contribution in [0.25, 0.3) is 0 Å². The maximum absolute atomic E-state index is 14.4. The van der Waals surface area contributed by atoms with Crippen LogP contribution in [-0.4, -0.2) is 39.1 Å². The summed E-state index contributed by atoms with van der Waals surface area (Å²) in [6.07, 6.45) is -7.35. The van der Waals surface area contributed by atoms with Crippen molar-refractivity contribution >= 4 is 57.8 Å². The quantitative estimate of drug-likeness (QED) is 0.122. The minimum atomic E-state index is -4.92. The van der Waals surface area contributed by atoms with Gasteiger partial charge in [-0.05, 0) is 49.1 Å². The molecule has 1 unspecified atom stereocenters. The molecule has 1 aliphatic rings. The Bertz CT molecular complexity index is 1330. The normalized spacial score (nSPS) is 18.2. The lowest BCUT2D eigenvalue weighted by Gasteiger charge is -2.32. The van der Waals surface area contributed by atoms with Crippen LogP contribution in [-0.2, 0) is 18.0 Å². The molecule has 3 aromatic rings. The van der Waals surface area contributed by atoms with Crippen LogP contribution in [0.1, 0.15) is 35.4 Å². The van der Waals surface area contributed by atoms with Crippen LogP contribution in [0.15, 0.2) is 42.7 Å². The topological polar surface area (TPSA) is 41.9 Å². The highest BCUT2D eigenvalue weighted by Gasteiger charge is 2.59. The van der Waals surface area contributed by atoms with Gasteiger partial charge < -0.3 is 4.90 Å². The Labute approximate surface area is 234 Å². The van der Waals surface area contributed by atoms with Crippen molar-refractivity contribution in [1.82, 2.24) is 15.0 Å². The van der Waals surface area contributed by atoms with Crippen molar-refractivity contribution in [2.75, 3.05) is 18.0 Å². The highest BCUT2D eigenvalue weighted by molar-refractivity contribution is 7.80. The summed E-state index contributed by atoms with van der Waals surface area (Å²) in [6, 6.07) is 7.30. The van der Waals surface area contributed by atoms with Crippen molar-refractivity contribution in [3.05, 3.63) is 80.3 Å². The van der Waals surface area contributed by atoms with Crippen LogP contribution in [0, 0.1) is 0 Å². The fourth-order valence-electron chi connectivity index (χ4n) is 4.31. The molecule has 0 spiro atoms. The van der Waals surface area contributed by atoms with E-state index in [2.05, 4.69) is 15.0 Å². The molecule has 0 bridgehead atoms. The van der Waals surface area contributed by atoms with Crippen LogP contribution in [0.2, 0.25) is 15.1 Å². The van der Waals surface area contributed by atoms with E-state index in [1.54, 1.807) is 24.4 Å². The summed E-state index contributed by atoms with van der Waals surface area (Å²) >= 11 is 23.1. The second-order valence-electron chi connectivity index (χ2n) is 8.68. The van der Waals surface area contributed by atoms with Gasteiger partial charge in [-0.3, -0.25) is 4.98 Å². The number of hydrogen-bond donors (Lipinski definition) is 0. The summed E-state index contributed by atoms with van der Waals surface area (Å²) in [5.74, 6) is -0.495. The van der Waals surface area contributed by atoms with Crippen LogP contribution in [0.3, 0.4) is 0 Å². The van der Waals surface area contributed by atoms with Crippen LogP contribution >= 0.6 is 47.0 Å². The predicted molar refractivity (Wildman–Crippen MR) is 137 cm³/mol. The minimum absolute atomic E-state index is 0.0361. The molecule has 0 N–H and O–H groups in total. The maximum atomic E-state index is 14.4. The Morgan fingerprint density at radius 3 is 2.29 bits per heavy atom. The van der Waals surface area contributed by atoms with E-state index in [4.69, 9.17) is 47.0 Å². The first-order valence-corrected chi connectivity index (χ1v) is 12.6. The van der Waals surface area contributed by atoms with Gasteiger partial charge >= 0.3 is 12.4 Å². The zero-order chi connectivity index (χ0) is 27.9. The summed E-state index contributed by atoms with van der Waals surface area (Å²) in [5, 5.41) is -0.442. The number of thiocarbonyl (C=S) groups is 1. The third-order valence-corrected chi connectivity index (χ3v) is 7.93. The predicted octanol–water partition coefficient (Wildman–Crippen LogP) is 7.91. The molecule has 1 aliphatic heterocycles. The van der Waals surface area contributed by atoms with Crippen molar-refractivity contribution in [1.29, 1.82) is 0 Å². The number of pyridine rings is 1. The van der Waals surface area contributed by atoms with E-state index in [9.17, 15) is 26.3 Å². The Morgan fingerprint density at radius 2 is 1.71 bits per heavy atom. The first-order valence-electron chi connectivity index (χ1n) is 11.1. The number of nitrogens with zero attached hydrogens (tertiary/aromatic N) is 4. The maximum Gasteiger partial charge on any atom is 0.434 e. The summed E-state index contributed by atoms with van der Waals surface area (Å²) < 4.78 is 85.2. The summed E-state index contributed by atoms with van der Waals surface area (Å²) in [4.78, 5) is 12.8. The molecule has 4 nitrogen and oxygen atoms in total. The van der Waals surface area contributed by atoms with Crippen molar-refractivity contribution in [3.8, 4) is 0 Å². The Kier molecular flexibility index (Phi) is 8.14. The van der Waals surface area contributed by atoms with Crippen molar-refractivity contribution in [3.63, 3.8) is 0 Å². The lowest BCUT2D eigenvalue weighted by molar-refractivity contribution is -0.184. The van der Waals surface area contributed by atoms with E-state index in [-0.39, 0.29) is 38.5 Å². The highest BCUT2D eigenvalue weighted by Crippen LogP contribution is 2.50. The zero-order valence-corrected chi connectivity index (χ0v) is 22.3. The van der Waals surface area contributed by atoms with Gasteiger partial charge in [-0.1, -0.05) is 53.1 Å². The largest absolute Gasteiger partial charge is 0.434 e. The molecule has 202 valence electrons. The molecule has 0 aliphatic carbocycles. The number of alkyl halides is 6. The fraction of sp³-hybridized carbons (Fsp3) is 0.333. The second-order valence-corrected chi connectivity index (χ2v) is 10.4. The molecular formula is C24H17Cl3F6N4S. The molecule has 2 aromatic heterocycles. The first-order chi connectivity index (χ1) is 17.7. The van der Waals surface area contributed by atoms with E-state index in [1.165, 1.54) is 0 Å². The second kappa shape index (κ2) is 10.7. The standard InChI is InChI=1S/C24H17Cl3F6N4S/c25-16-9-13(10-17(26)19(16)27)22(24(31,32)33)6-8-37(12-22)21-35-11-15(20(36-21)23(28,29)30)18(38)5-4-14-3-1-2-7-34-14/h1-3,7,9-11H,4-6,8,12H2. The Hall–Kier alpha value is -2.21. The van der Waals surface area contributed by atoms with Gasteiger partial charge in [0.25, 0.3) is 0 Å². The number of anilines is 1. The lowest BCUT2D eigenvalue weighted by atomic mass is 9.79. The van der Waals surface area contributed by atoms with Crippen LogP contribution < -0.4 is 4.90 Å². The van der Waals surface area contributed by atoms with Gasteiger partial charge in [-0.2, -0.15) is 26.3 Å². The number of aromatic nitrogens is 3. The molecule has 0 amide bonds. The summed E-state index contributed by atoms with van der Waals surface area (Å²) in [6.45, 7) is -1.01. The molecule has 1 fully saturated rings. The monoisotopic (exact) mass is 612 g/mol. The van der Waals surface area contributed by atoms with Crippen LogP contribution in [0.4, 0.5) is 32.3 Å². The molecule has 1 saturated heterocycles. The number of aryl methyl sites for hydroxylation is 1. The van der Waals surface area contributed by atoms with Crippen molar-refractivity contribution in [2.24, 2.45) is 0 Å². The summed E-state index contributed by atoms with van der Waals surface area (Å²) in [5.41, 5.74) is -3.80. The average Bonchev–Trinajstić information content (AvgIpc) is 3.32. The van der Waals surface area contributed by atoms with Crippen molar-refractivity contribution < 1.29 is 26.3 Å². The number of benzene rings is 1. The van der Waals surface area contributed by atoms with Crippen molar-refractivity contribution in [2.45, 2.75) is 37.0 Å². The van der Waals surface area contributed by atoms with Gasteiger partial charge in [0.2, 0.25) is 5.95 Å². The number of hydrogen-bond acceptors (Lipinski definition) is 5. The van der Waals surface area contributed by atoms with E-state index in [1.807, 2.05) is 0 Å². The van der Waals surface area contributed by atoms with Gasteiger partial charge in [0.1, 0.15) is 5.41 Å². The van der Waals surface area contributed by atoms with E-state index < -0.39 is 47.9 Å². The molecule has 14 heteroatoms. The average molecular weight is 614 g/mol. The Morgan fingerprint density at radius 1 is 1.03 bits per heavy atom. The lowest BCUT2D eigenvalue weighted by Crippen LogP contribution is -2.45. The first kappa shape index (κ1) is 28.8. The van der Waals surface area contributed by atoms with E-state index in [0.29, 0.717) is 12.1 Å². The van der Waals surface area contributed by atoms with Gasteiger partial charge in [0.05, 0.1) is 15.1 Å².